The van der Waals surface area contributed by atoms with Gasteiger partial charge in [-0.25, -0.2) is 9.98 Å². The van der Waals surface area contributed by atoms with Crippen molar-refractivity contribution in [2.45, 2.75) is 33.6 Å². The second kappa shape index (κ2) is 7.64. The average Bonchev–Trinajstić information content (AvgIpc) is 3.05. The largest absolute Gasteiger partial charge is 0.372 e. The van der Waals surface area contributed by atoms with Gasteiger partial charge in [-0.1, -0.05) is 0 Å². The highest BCUT2D eigenvalue weighted by atomic mass is 16.2. The number of dihydropyridines is 1. The van der Waals surface area contributed by atoms with Crippen LogP contribution < -0.4 is 4.90 Å². The van der Waals surface area contributed by atoms with E-state index in [-0.39, 0.29) is 17.5 Å². The number of aliphatic imine (C=N–C) groups is 2. The number of rotatable bonds is 4. The quantitative estimate of drug-likeness (QED) is 0.836. The van der Waals surface area contributed by atoms with Crippen LogP contribution in [0.1, 0.15) is 32.3 Å². The highest BCUT2D eigenvalue weighted by molar-refractivity contribution is 6.48. The molecule has 3 rings (SSSR count). The van der Waals surface area contributed by atoms with E-state index in [9.17, 15) is 9.59 Å². The van der Waals surface area contributed by atoms with Gasteiger partial charge < -0.3 is 4.90 Å². The Morgan fingerprint density at radius 1 is 1.19 bits per heavy atom. The molecule has 0 bridgehead atoms. The summed E-state index contributed by atoms with van der Waals surface area (Å²) in [5.74, 6) is 0.337. The molecule has 2 aliphatic heterocycles. The van der Waals surface area contributed by atoms with Gasteiger partial charge >= 0.3 is 0 Å². The molecule has 0 N–H and O–H groups in total. The minimum atomic E-state index is -0.243. The Morgan fingerprint density at radius 3 is 2.58 bits per heavy atom. The molecule has 0 radical (unpaired) electrons. The highest BCUT2D eigenvalue weighted by Crippen LogP contribution is 2.25. The number of hydrogen-bond donors (Lipinski definition) is 0. The standard InChI is InChI=1S/C20H24N4O2/c1-4-23(5-2)15-8-9-16(14(3)13-15)21-18-11-10-17(25)20(22-18)24-12-6-7-19(24)26/h8-11,13H,4-7,12H2,1-3H3. The van der Waals surface area contributed by atoms with Crippen LogP contribution in [0, 0.1) is 6.92 Å². The first-order valence-electron chi connectivity index (χ1n) is 9.09. The summed E-state index contributed by atoms with van der Waals surface area (Å²) in [5.41, 5.74) is 3.02. The molecule has 0 aromatic heterocycles. The number of carbonyl (C=O) groups excluding carboxylic acids is 2. The predicted octanol–water partition coefficient (Wildman–Crippen LogP) is 3.03. The molecule has 2 heterocycles. The lowest BCUT2D eigenvalue weighted by Crippen LogP contribution is -2.38. The molecule has 1 aromatic rings. The molecule has 0 unspecified atom stereocenters. The molecular formula is C20H24N4O2. The van der Waals surface area contributed by atoms with E-state index < -0.39 is 0 Å². The lowest BCUT2D eigenvalue weighted by molar-refractivity contribution is -0.125. The number of ketones is 1. The van der Waals surface area contributed by atoms with Crippen molar-refractivity contribution in [3.63, 3.8) is 0 Å². The lowest BCUT2D eigenvalue weighted by Gasteiger charge is -2.21. The van der Waals surface area contributed by atoms with Gasteiger partial charge in [0, 0.05) is 31.7 Å². The Kier molecular flexibility index (Phi) is 5.30. The minimum absolute atomic E-state index is 0.0495. The Bertz CT molecular complexity index is 819. The van der Waals surface area contributed by atoms with Crippen molar-refractivity contribution in [2.24, 2.45) is 9.98 Å². The second-order valence-electron chi connectivity index (χ2n) is 6.40. The number of amidine groups is 2. The number of hydrogen-bond acceptors (Lipinski definition) is 4. The fraction of sp³-hybridized carbons (Fsp3) is 0.400. The van der Waals surface area contributed by atoms with Gasteiger partial charge in [0.2, 0.25) is 11.7 Å². The summed E-state index contributed by atoms with van der Waals surface area (Å²) in [6.45, 7) is 8.72. The molecule has 1 amide bonds. The van der Waals surface area contributed by atoms with Crippen molar-refractivity contribution in [3.8, 4) is 0 Å². The second-order valence-corrected chi connectivity index (χ2v) is 6.40. The minimum Gasteiger partial charge on any atom is -0.372 e. The van der Waals surface area contributed by atoms with Gasteiger partial charge in [0.15, 0.2) is 11.7 Å². The molecule has 0 spiro atoms. The maximum Gasteiger partial charge on any atom is 0.228 e. The molecule has 0 aliphatic carbocycles. The topological polar surface area (TPSA) is 65.3 Å². The van der Waals surface area contributed by atoms with Crippen LogP contribution in [0.5, 0.6) is 0 Å². The summed E-state index contributed by atoms with van der Waals surface area (Å²) < 4.78 is 0. The zero-order chi connectivity index (χ0) is 18.7. The van der Waals surface area contributed by atoms with Crippen molar-refractivity contribution in [1.82, 2.24) is 4.90 Å². The number of anilines is 1. The van der Waals surface area contributed by atoms with Crippen LogP contribution in [0.4, 0.5) is 11.4 Å². The fourth-order valence-corrected chi connectivity index (χ4v) is 3.23. The molecule has 1 saturated heterocycles. The Hall–Kier alpha value is -2.76. The van der Waals surface area contributed by atoms with Gasteiger partial charge in [-0.3, -0.25) is 14.5 Å². The molecule has 2 aliphatic rings. The number of likely N-dealkylation sites (tertiary alicyclic amines) is 1. The van der Waals surface area contributed by atoms with Crippen LogP contribution in [-0.2, 0) is 9.59 Å². The van der Waals surface area contributed by atoms with Gasteiger partial charge in [0.1, 0.15) is 0 Å². The first kappa shape index (κ1) is 18.0. The molecule has 26 heavy (non-hydrogen) atoms. The van der Waals surface area contributed by atoms with Gasteiger partial charge in [0.05, 0.1) is 5.69 Å². The smallest absolute Gasteiger partial charge is 0.228 e. The molecule has 6 nitrogen and oxygen atoms in total. The van der Waals surface area contributed by atoms with Crippen LogP contribution in [0.15, 0.2) is 40.3 Å². The zero-order valence-corrected chi connectivity index (χ0v) is 15.5. The van der Waals surface area contributed by atoms with E-state index in [1.165, 1.54) is 11.0 Å². The molecule has 0 saturated carbocycles. The van der Waals surface area contributed by atoms with Crippen LogP contribution >= 0.6 is 0 Å². The van der Waals surface area contributed by atoms with Crippen molar-refractivity contribution in [3.05, 3.63) is 35.9 Å². The number of amides is 1. The third-order valence-electron chi connectivity index (χ3n) is 4.70. The maximum absolute atomic E-state index is 12.1. The lowest BCUT2D eigenvalue weighted by atomic mass is 10.1. The van der Waals surface area contributed by atoms with Crippen LogP contribution in [0.2, 0.25) is 0 Å². The molecule has 136 valence electrons. The summed E-state index contributed by atoms with van der Waals surface area (Å²) in [6, 6.07) is 6.13. The van der Waals surface area contributed by atoms with Crippen molar-refractivity contribution >= 4 is 34.7 Å². The first-order valence-corrected chi connectivity index (χ1v) is 9.09. The van der Waals surface area contributed by atoms with Gasteiger partial charge in [-0.05, 0) is 63.1 Å². The third kappa shape index (κ3) is 3.59. The van der Waals surface area contributed by atoms with Gasteiger partial charge in [0.25, 0.3) is 0 Å². The van der Waals surface area contributed by atoms with E-state index >= 15 is 0 Å². The van der Waals surface area contributed by atoms with Crippen LogP contribution in [-0.4, -0.2) is 47.9 Å². The van der Waals surface area contributed by atoms with E-state index in [1.54, 1.807) is 6.08 Å². The fourth-order valence-electron chi connectivity index (χ4n) is 3.23. The molecule has 6 heteroatoms. The average molecular weight is 352 g/mol. The summed E-state index contributed by atoms with van der Waals surface area (Å²) >= 11 is 0. The van der Waals surface area contributed by atoms with Gasteiger partial charge in [-0.15, -0.1) is 0 Å². The summed E-state index contributed by atoms with van der Waals surface area (Å²) in [7, 11) is 0. The number of nitrogens with zero attached hydrogens (tertiary/aromatic N) is 4. The van der Waals surface area contributed by atoms with Gasteiger partial charge in [-0.2, -0.15) is 0 Å². The van der Waals surface area contributed by atoms with E-state index in [4.69, 9.17) is 0 Å². The normalized spacial score (nSPS) is 18.7. The van der Waals surface area contributed by atoms with Crippen LogP contribution in [0.25, 0.3) is 0 Å². The highest BCUT2D eigenvalue weighted by Gasteiger charge is 2.29. The Labute approximate surface area is 153 Å². The Morgan fingerprint density at radius 2 is 1.96 bits per heavy atom. The molecule has 1 fully saturated rings. The summed E-state index contributed by atoms with van der Waals surface area (Å²) in [6.07, 6.45) is 4.26. The zero-order valence-electron chi connectivity index (χ0n) is 15.5. The van der Waals surface area contributed by atoms with E-state index in [1.807, 2.05) is 19.1 Å². The van der Waals surface area contributed by atoms with E-state index in [0.717, 1.165) is 36.4 Å². The van der Waals surface area contributed by atoms with Crippen molar-refractivity contribution < 1.29 is 9.59 Å². The Balaban J connectivity index is 1.89. The monoisotopic (exact) mass is 352 g/mol. The SMILES string of the molecule is CCN(CC)c1ccc(N=C2C=CC(=O)C(N3CCCC3=O)=N2)c(C)c1. The molecular weight excluding hydrogens is 328 g/mol. The third-order valence-corrected chi connectivity index (χ3v) is 4.70. The number of carbonyl (C=O) groups is 2. The number of aryl methyl sites for hydroxylation is 1. The first-order chi connectivity index (χ1) is 12.5. The summed E-state index contributed by atoms with van der Waals surface area (Å²) in [4.78, 5) is 36.7. The van der Waals surface area contributed by atoms with Crippen LogP contribution in [0.3, 0.4) is 0 Å². The summed E-state index contributed by atoms with van der Waals surface area (Å²) in [5, 5.41) is 0. The molecule has 0 atom stereocenters. The maximum atomic E-state index is 12.1. The van der Waals surface area contributed by atoms with E-state index in [0.29, 0.717) is 18.8 Å². The van der Waals surface area contributed by atoms with E-state index in [2.05, 4.69) is 34.8 Å². The van der Waals surface area contributed by atoms with Crippen molar-refractivity contribution in [2.75, 3.05) is 24.5 Å². The van der Waals surface area contributed by atoms with Crippen molar-refractivity contribution in [1.29, 1.82) is 0 Å². The number of benzene rings is 1. The molecule has 1 aromatic carbocycles. The predicted molar refractivity (Wildman–Crippen MR) is 104 cm³/mol.